The number of hydrogen-bond acceptors (Lipinski definition) is 4. The Morgan fingerprint density at radius 3 is 2.61 bits per heavy atom. The fourth-order valence-corrected chi connectivity index (χ4v) is 2.96. The molecule has 0 aliphatic heterocycles. The van der Waals surface area contributed by atoms with Crippen molar-refractivity contribution in [3.63, 3.8) is 0 Å². The first-order valence-electron chi connectivity index (χ1n) is 5.35. The molecule has 0 saturated carbocycles. The third-order valence-corrected chi connectivity index (χ3v) is 4.02. The summed E-state index contributed by atoms with van der Waals surface area (Å²) in [6, 6.07) is 8.42. The largest absolute Gasteiger partial charge is 0.481 e. The van der Waals surface area contributed by atoms with Crippen molar-refractivity contribution in [1.82, 2.24) is 0 Å². The fraction of sp³-hybridized carbons (Fsp3) is 0.333. The van der Waals surface area contributed by atoms with E-state index < -0.39 is 15.8 Å². The minimum absolute atomic E-state index is 0.0897. The summed E-state index contributed by atoms with van der Waals surface area (Å²) in [7, 11) is -3.38. The number of carboxylic acid groups (broad SMARTS) is 1. The van der Waals surface area contributed by atoms with Gasteiger partial charge in [-0.1, -0.05) is 18.2 Å². The van der Waals surface area contributed by atoms with Gasteiger partial charge in [0.1, 0.15) is 0 Å². The first kappa shape index (κ1) is 14.2. The maximum Gasteiger partial charge on any atom is 0.303 e. The number of nitrogens with zero attached hydrogens (tertiary/aromatic N) is 1. The van der Waals surface area contributed by atoms with Crippen LogP contribution in [0.25, 0.3) is 0 Å². The number of carboxylic acids is 1. The predicted molar refractivity (Wildman–Crippen MR) is 65.5 cm³/mol. The molecule has 0 amide bonds. The van der Waals surface area contributed by atoms with Crippen LogP contribution in [0.1, 0.15) is 24.0 Å². The second-order valence-electron chi connectivity index (χ2n) is 3.86. The van der Waals surface area contributed by atoms with Gasteiger partial charge in [-0.15, -0.1) is 0 Å². The Morgan fingerprint density at radius 2 is 2.00 bits per heavy atom. The Hall–Kier alpha value is -1.87. The summed E-state index contributed by atoms with van der Waals surface area (Å²) >= 11 is 0. The Bertz CT molecular complexity index is 572. The van der Waals surface area contributed by atoms with E-state index in [9.17, 15) is 13.2 Å². The molecule has 0 heterocycles. The SMILES string of the molecule is N#Cc1ccccc1CS(=O)(=O)CCCC(=O)O. The Labute approximate surface area is 106 Å². The average molecular weight is 267 g/mol. The molecule has 1 N–H and O–H groups in total. The summed E-state index contributed by atoms with van der Waals surface area (Å²) in [5, 5.41) is 17.3. The van der Waals surface area contributed by atoms with Crippen molar-refractivity contribution >= 4 is 15.8 Å². The van der Waals surface area contributed by atoms with Crippen molar-refractivity contribution in [2.45, 2.75) is 18.6 Å². The van der Waals surface area contributed by atoms with Crippen LogP contribution < -0.4 is 0 Å². The maximum absolute atomic E-state index is 11.7. The van der Waals surface area contributed by atoms with Crippen LogP contribution in [0.4, 0.5) is 0 Å². The highest BCUT2D eigenvalue weighted by molar-refractivity contribution is 7.90. The van der Waals surface area contributed by atoms with Crippen LogP contribution in [0.5, 0.6) is 0 Å². The van der Waals surface area contributed by atoms with E-state index in [1.807, 2.05) is 6.07 Å². The highest BCUT2D eigenvalue weighted by Crippen LogP contribution is 2.13. The lowest BCUT2D eigenvalue weighted by Crippen LogP contribution is -2.11. The molecule has 0 radical (unpaired) electrons. The van der Waals surface area contributed by atoms with Gasteiger partial charge >= 0.3 is 5.97 Å². The monoisotopic (exact) mass is 267 g/mol. The molecule has 1 aromatic rings. The van der Waals surface area contributed by atoms with E-state index in [4.69, 9.17) is 10.4 Å². The molecule has 0 fully saturated rings. The molecule has 0 atom stereocenters. The second kappa shape index (κ2) is 6.17. The third kappa shape index (κ3) is 4.55. The summed E-state index contributed by atoms with van der Waals surface area (Å²) < 4.78 is 23.5. The number of rotatable bonds is 6. The van der Waals surface area contributed by atoms with Crippen molar-refractivity contribution in [2.24, 2.45) is 0 Å². The number of benzene rings is 1. The van der Waals surface area contributed by atoms with Crippen LogP contribution in [-0.2, 0) is 20.4 Å². The molecule has 0 aromatic heterocycles. The Morgan fingerprint density at radius 1 is 1.33 bits per heavy atom. The topological polar surface area (TPSA) is 95.2 Å². The number of aliphatic carboxylic acids is 1. The highest BCUT2D eigenvalue weighted by atomic mass is 32.2. The van der Waals surface area contributed by atoms with Gasteiger partial charge < -0.3 is 5.11 Å². The first-order chi connectivity index (χ1) is 8.44. The highest BCUT2D eigenvalue weighted by Gasteiger charge is 2.14. The Kier molecular flexibility index (Phi) is 4.86. The number of sulfone groups is 1. The molecular weight excluding hydrogens is 254 g/mol. The van der Waals surface area contributed by atoms with Gasteiger partial charge in [0.25, 0.3) is 0 Å². The lowest BCUT2D eigenvalue weighted by atomic mass is 10.1. The van der Waals surface area contributed by atoms with Gasteiger partial charge in [-0.2, -0.15) is 5.26 Å². The van der Waals surface area contributed by atoms with Crippen LogP contribution >= 0.6 is 0 Å². The molecule has 0 bridgehead atoms. The van der Waals surface area contributed by atoms with Crippen LogP contribution in [0.3, 0.4) is 0 Å². The van der Waals surface area contributed by atoms with Crippen molar-refractivity contribution in [3.05, 3.63) is 35.4 Å². The van der Waals surface area contributed by atoms with Crippen molar-refractivity contribution in [3.8, 4) is 6.07 Å². The van der Waals surface area contributed by atoms with E-state index in [0.717, 1.165) is 0 Å². The average Bonchev–Trinajstić information content (AvgIpc) is 2.28. The quantitative estimate of drug-likeness (QED) is 0.839. The molecular formula is C12H13NO4S. The smallest absolute Gasteiger partial charge is 0.303 e. The summed E-state index contributed by atoms with van der Waals surface area (Å²) in [5.74, 6) is -1.42. The summed E-state index contributed by atoms with van der Waals surface area (Å²) in [4.78, 5) is 10.3. The minimum Gasteiger partial charge on any atom is -0.481 e. The first-order valence-corrected chi connectivity index (χ1v) is 7.17. The van der Waals surface area contributed by atoms with Crippen molar-refractivity contribution < 1.29 is 18.3 Å². The molecule has 5 nitrogen and oxygen atoms in total. The van der Waals surface area contributed by atoms with Crippen LogP contribution in [-0.4, -0.2) is 25.2 Å². The standard InChI is InChI=1S/C12H13NO4S/c13-8-10-4-1-2-5-11(10)9-18(16,17)7-3-6-12(14)15/h1-2,4-5H,3,6-7,9H2,(H,14,15). The van der Waals surface area contributed by atoms with E-state index in [-0.39, 0.29) is 24.3 Å². The summed E-state index contributed by atoms with van der Waals surface area (Å²) in [6.45, 7) is 0. The normalized spacial score (nSPS) is 10.8. The van der Waals surface area contributed by atoms with Crippen LogP contribution in [0.2, 0.25) is 0 Å². The molecule has 96 valence electrons. The second-order valence-corrected chi connectivity index (χ2v) is 6.04. The van der Waals surface area contributed by atoms with E-state index in [1.165, 1.54) is 0 Å². The third-order valence-electron chi connectivity index (χ3n) is 2.36. The molecule has 0 aliphatic rings. The summed E-state index contributed by atoms with van der Waals surface area (Å²) in [5.41, 5.74) is 0.787. The van der Waals surface area contributed by atoms with Crippen molar-refractivity contribution in [2.75, 3.05) is 5.75 Å². The number of hydrogen-bond donors (Lipinski definition) is 1. The van der Waals surface area contributed by atoms with Gasteiger partial charge in [0.05, 0.1) is 23.1 Å². The number of nitriles is 1. The van der Waals surface area contributed by atoms with E-state index in [0.29, 0.717) is 11.1 Å². The molecule has 0 aliphatic carbocycles. The zero-order valence-corrected chi connectivity index (χ0v) is 10.5. The fourth-order valence-electron chi connectivity index (χ4n) is 1.51. The predicted octanol–water partition coefficient (Wildman–Crippen LogP) is 1.34. The van der Waals surface area contributed by atoms with Crippen LogP contribution in [0, 0.1) is 11.3 Å². The maximum atomic E-state index is 11.7. The molecule has 0 unspecified atom stereocenters. The van der Waals surface area contributed by atoms with E-state index in [2.05, 4.69) is 0 Å². The molecule has 18 heavy (non-hydrogen) atoms. The van der Waals surface area contributed by atoms with Crippen molar-refractivity contribution in [1.29, 1.82) is 5.26 Å². The van der Waals surface area contributed by atoms with Gasteiger partial charge in [0.2, 0.25) is 0 Å². The van der Waals surface area contributed by atoms with Gasteiger partial charge in [-0.25, -0.2) is 8.42 Å². The van der Waals surface area contributed by atoms with E-state index >= 15 is 0 Å². The van der Waals surface area contributed by atoms with Gasteiger partial charge in [-0.3, -0.25) is 4.79 Å². The lowest BCUT2D eigenvalue weighted by molar-refractivity contribution is -0.137. The molecule has 0 spiro atoms. The number of carbonyl (C=O) groups is 1. The zero-order valence-electron chi connectivity index (χ0n) is 9.67. The minimum atomic E-state index is -3.38. The summed E-state index contributed by atoms with van der Waals surface area (Å²) in [6.07, 6.45) is -0.0779. The zero-order chi connectivity index (χ0) is 13.6. The lowest BCUT2D eigenvalue weighted by Gasteiger charge is -2.05. The van der Waals surface area contributed by atoms with Gasteiger partial charge in [0.15, 0.2) is 9.84 Å². The van der Waals surface area contributed by atoms with E-state index in [1.54, 1.807) is 24.3 Å². The van der Waals surface area contributed by atoms with Crippen LogP contribution in [0.15, 0.2) is 24.3 Å². The molecule has 6 heteroatoms. The van der Waals surface area contributed by atoms with Gasteiger partial charge in [0, 0.05) is 6.42 Å². The molecule has 1 rings (SSSR count). The molecule has 0 saturated heterocycles. The Balaban J connectivity index is 2.71. The molecule has 1 aromatic carbocycles. The van der Waals surface area contributed by atoms with Gasteiger partial charge in [-0.05, 0) is 18.1 Å².